The SMILES string of the molecule is Cc1cc(=O)n(CC(=O)N2CCN(c3nc(-c4ccccc4)c(F)c(=O)[nH]3)CC2)cn1. The predicted molar refractivity (Wildman–Crippen MR) is 112 cm³/mol. The molecule has 160 valence electrons. The number of nitrogens with one attached hydrogen (secondary N) is 1. The monoisotopic (exact) mass is 424 g/mol. The maximum absolute atomic E-state index is 14.4. The van der Waals surface area contributed by atoms with Gasteiger partial charge in [-0.3, -0.25) is 23.9 Å². The van der Waals surface area contributed by atoms with Gasteiger partial charge in [0.25, 0.3) is 11.1 Å². The first-order valence-electron chi connectivity index (χ1n) is 9.83. The molecule has 3 aromatic rings. The minimum Gasteiger partial charge on any atom is -0.339 e. The van der Waals surface area contributed by atoms with Crippen molar-refractivity contribution in [1.29, 1.82) is 0 Å². The number of halogens is 1. The van der Waals surface area contributed by atoms with Crippen molar-refractivity contribution < 1.29 is 9.18 Å². The van der Waals surface area contributed by atoms with Gasteiger partial charge in [0.2, 0.25) is 17.7 Å². The number of nitrogens with zero attached hydrogens (tertiary/aromatic N) is 5. The first-order chi connectivity index (χ1) is 14.9. The molecule has 0 saturated carbocycles. The van der Waals surface area contributed by atoms with E-state index >= 15 is 0 Å². The summed E-state index contributed by atoms with van der Waals surface area (Å²) in [4.78, 5) is 51.0. The first kappa shape index (κ1) is 20.5. The highest BCUT2D eigenvalue weighted by atomic mass is 19.1. The molecule has 1 saturated heterocycles. The molecule has 3 heterocycles. The number of amides is 1. The summed E-state index contributed by atoms with van der Waals surface area (Å²) in [7, 11) is 0. The number of carbonyl (C=O) groups excluding carboxylic acids is 1. The number of aromatic nitrogens is 4. The van der Waals surface area contributed by atoms with Gasteiger partial charge in [0, 0.05) is 43.5 Å². The molecule has 1 aliphatic rings. The summed E-state index contributed by atoms with van der Waals surface area (Å²) >= 11 is 0. The largest absolute Gasteiger partial charge is 0.339 e. The molecule has 9 nitrogen and oxygen atoms in total. The molecule has 31 heavy (non-hydrogen) atoms. The lowest BCUT2D eigenvalue weighted by Crippen LogP contribution is -2.50. The van der Waals surface area contributed by atoms with Crippen LogP contribution in [0.5, 0.6) is 0 Å². The number of piperazine rings is 1. The Bertz CT molecular complexity index is 1220. The van der Waals surface area contributed by atoms with Gasteiger partial charge in [-0.1, -0.05) is 30.3 Å². The highest BCUT2D eigenvalue weighted by molar-refractivity contribution is 5.76. The molecule has 2 aromatic heterocycles. The van der Waals surface area contributed by atoms with Crippen LogP contribution in [0.3, 0.4) is 0 Å². The standard InChI is InChI=1S/C21H21FN6O3/c1-14-11-16(29)28(13-23-14)12-17(30)26-7-9-27(10-8-26)21-24-19(18(22)20(31)25-21)15-5-3-2-4-6-15/h2-6,11,13H,7-10,12H2,1H3,(H,24,25,31). The van der Waals surface area contributed by atoms with E-state index in [0.29, 0.717) is 37.4 Å². The molecule has 1 aliphatic heterocycles. The second-order valence-electron chi connectivity index (χ2n) is 7.28. The van der Waals surface area contributed by atoms with E-state index < -0.39 is 11.4 Å². The molecular formula is C21H21FN6O3. The van der Waals surface area contributed by atoms with E-state index in [2.05, 4.69) is 15.0 Å². The highest BCUT2D eigenvalue weighted by Crippen LogP contribution is 2.20. The summed E-state index contributed by atoms with van der Waals surface area (Å²) in [5.74, 6) is -0.866. The Hall–Kier alpha value is -3.82. The van der Waals surface area contributed by atoms with Gasteiger partial charge < -0.3 is 9.80 Å². The van der Waals surface area contributed by atoms with Crippen molar-refractivity contribution in [2.24, 2.45) is 0 Å². The average molecular weight is 424 g/mol. The van der Waals surface area contributed by atoms with E-state index in [0.717, 1.165) is 0 Å². The van der Waals surface area contributed by atoms with Crippen LogP contribution < -0.4 is 16.0 Å². The van der Waals surface area contributed by atoms with Crippen molar-refractivity contribution in [3.05, 3.63) is 74.9 Å². The number of H-pyrrole nitrogens is 1. The van der Waals surface area contributed by atoms with Crippen molar-refractivity contribution >= 4 is 11.9 Å². The van der Waals surface area contributed by atoms with Gasteiger partial charge in [0.1, 0.15) is 12.2 Å². The van der Waals surface area contributed by atoms with Crippen LogP contribution in [0.15, 0.2) is 52.3 Å². The lowest BCUT2D eigenvalue weighted by atomic mass is 10.1. The molecule has 1 amide bonds. The second-order valence-corrected chi connectivity index (χ2v) is 7.28. The van der Waals surface area contributed by atoms with Crippen molar-refractivity contribution in [1.82, 2.24) is 24.4 Å². The minimum absolute atomic E-state index is 0.0101. The fourth-order valence-corrected chi connectivity index (χ4v) is 3.43. The van der Waals surface area contributed by atoms with E-state index in [1.165, 1.54) is 17.0 Å². The predicted octanol–water partition coefficient (Wildman–Crippen LogP) is 0.790. The van der Waals surface area contributed by atoms with Gasteiger partial charge in [-0.25, -0.2) is 9.97 Å². The Kier molecular flexibility index (Phi) is 5.61. The minimum atomic E-state index is -0.930. The summed E-state index contributed by atoms with van der Waals surface area (Å²) in [6.45, 7) is 3.22. The summed E-state index contributed by atoms with van der Waals surface area (Å²) in [5.41, 5.74) is -0.0185. The topological polar surface area (TPSA) is 104 Å². The van der Waals surface area contributed by atoms with Crippen LogP contribution in [0.4, 0.5) is 10.3 Å². The van der Waals surface area contributed by atoms with Crippen molar-refractivity contribution in [3.8, 4) is 11.3 Å². The third-order valence-electron chi connectivity index (χ3n) is 5.15. The number of benzene rings is 1. The van der Waals surface area contributed by atoms with Crippen molar-refractivity contribution in [2.45, 2.75) is 13.5 Å². The molecule has 1 N–H and O–H groups in total. The Morgan fingerprint density at radius 3 is 2.52 bits per heavy atom. The normalized spacial score (nSPS) is 14.0. The molecule has 0 bridgehead atoms. The zero-order valence-corrected chi connectivity index (χ0v) is 16.9. The van der Waals surface area contributed by atoms with Crippen LogP contribution in [0.25, 0.3) is 11.3 Å². The number of aryl methyl sites for hydroxylation is 1. The quantitative estimate of drug-likeness (QED) is 0.664. The van der Waals surface area contributed by atoms with Crippen LogP contribution in [-0.4, -0.2) is 56.5 Å². The van der Waals surface area contributed by atoms with Gasteiger partial charge in [0.15, 0.2) is 0 Å². The van der Waals surface area contributed by atoms with E-state index in [4.69, 9.17) is 0 Å². The third-order valence-corrected chi connectivity index (χ3v) is 5.15. The molecule has 1 aromatic carbocycles. The van der Waals surface area contributed by atoms with Gasteiger partial charge in [-0.05, 0) is 6.92 Å². The van der Waals surface area contributed by atoms with E-state index in [1.807, 2.05) is 0 Å². The molecule has 0 radical (unpaired) electrons. The Balaban J connectivity index is 1.46. The number of aromatic amines is 1. The van der Waals surface area contributed by atoms with E-state index in [-0.39, 0.29) is 29.7 Å². The average Bonchev–Trinajstić information content (AvgIpc) is 2.78. The van der Waals surface area contributed by atoms with Crippen LogP contribution in [0.1, 0.15) is 5.69 Å². The lowest BCUT2D eigenvalue weighted by molar-refractivity contribution is -0.132. The van der Waals surface area contributed by atoms with Crippen LogP contribution in [0.2, 0.25) is 0 Å². The van der Waals surface area contributed by atoms with Crippen LogP contribution in [-0.2, 0) is 11.3 Å². The van der Waals surface area contributed by atoms with Crippen LogP contribution in [0, 0.1) is 12.7 Å². The van der Waals surface area contributed by atoms with Gasteiger partial charge in [-0.15, -0.1) is 0 Å². The zero-order chi connectivity index (χ0) is 22.0. The van der Waals surface area contributed by atoms with E-state index in [1.54, 1.807) is 47.1 Å². The summed E-state index contributed by atoms with van der Waals surface area (Å²) in [5, 5.41) is 0. The highest BCUT2D eigenvalue weighted by Gasteiger charge is 2.24. The Morgan fingerprint density at radius 1 is 1.13 bits per heavy atom. The van der Waals surface area contributed by atoms with Crippen molar-refractivity contribution in [2.75, 3.05) is 31.1 Å². The molecule has 1 fully saturated rings. The summed E-state index contributed by atoms with van der Waals surface area (Å²) in [6, 6.07) is 10.0. The number of anilines is 1. The number of hydrogen-bond donors (Lipinski definition) is 1. The molecule has 0 unspecified atom stereocenters. The van der Waals surface area contributed by atoms with Crippen molar-refractivity contribution in [3.63, 3.8) is 0 Å². The Morgan fingerprint density at radius 2 is 1.84 bits per heavy atom. The molecule has 10 heteroatoms. The third kappa shape index (κ3) is 4.37. The summed E-state index contributed by atoms with van der Waals surface area (Å²) in [6.07, 6.45) is 1.37. The van der Waals surface area contributed by atoms with Gasteiger partial charge in [0.05, 0.1) is 6.33 Å². The van der Waals surface area contributed by atoms with Gasteiger partial charge in [-0.2, -0.15) is 4.39 Å². The zero-order valence-electron chi connectivity index (χ0n) is 16.9. The maximum atomic E-state index is 14.4. The molecule has 4 rings (SSSR count). The Labute approximate surface area is 176 Å². The number of hydrogen-bond acceptors (Lipinski definition) is 6. The first-order valence-corrected chi connectivity index (χ1v) is 9.83. The number of carbonyl (C=O) groups is 1. The second kappa shape index (κ2) is 8.50. The molecule has 0 aliphatic carbocycles. The smallest absolute Gasteiger partial charge is 0.289 e. The fourth-order valence-electron chi connectivity index (χ4n) is 3.43. The maximum Gasteiger partial charge on any atom is 0.289 e. The fraction of sp³-hybridized carbons (Fsp3) is 0.286. The van der Waals surface area contributed by atoms with Crippen LogP contribution >= 0.6 is 0 Å². The van der Waals surface area contributed by atoms with Gasteiger partial charge >= 0.3 is 0 Å². The van der Waals surface area contributed by atoms with E-state index in [9.17, 15) is 18.8 Å². The number of rotatable bonds is 4. The molecule has 0 spiro atoms. The lowest BCUT2D eigenvalue weighted by Gasteiger charge is -2.35. The molecule has 0 atom stereocenters. The summed E-state index contributed by atoms with van der Waals surface area (Å²) < 4.78 is 15.6. The molecular weight excluding hydrogens is 403 g/mol.